The van der Waals surface area contributed by atoms with Crippen LogP contribution in [0.3, 0.4) is 0 Å². The van der Waals surface area contributed by atoms with E-state index in [1.165, 1.54) is 47.9 Å². The van der Waals surface area contributed by atoms with Gasteiger partial charge in [0.1, 0.15) is 0 Å². The summed E-state index contributed by atoms with van der Waals surface area (Å²) in [6.07, 6.45) is 15.1. The van der Waals surface area contributed by atoms with Gasteiger partial charge in [-0.3, -0.25) is 0 Å². The van der Waals surface area contributed by atoms with Crippen molar-refractivity contribution in [3.63, 3.8) is 0 Å². The molecule has 0 saturated carbocycles. The van der Waals surface area contributed by atoms with Crippen LogP contribution in [0.1, 0.15) is 71.6 Å². The summed E-state index contributed by atoms with van der Waals surface area (Å²) in [6.45, 7) is 0. The van der Waals surface area contributed by atoms with E-state index in [1.54, 1.807) is 22.3 Å². The van der Waals surface area contributed by atoms with Gasteiger partial charge in [0.05, 0.1) is 0 Å². The number of hydrogen-bond acceptors (Lipinski definition) is 0. The van der Waals surface area contributed by atoms with Crippen LogP contribution in [0.2, 0.25) is 7.25 Å². The predicted octanol–water partition coefficient (Wildman–Crippen LogP) is 5.11. The molecule has 0 nitrogen and oxygen atoms in total. The number of benzene rings is 4. The Bertz CT molecular complexity index is 1580. The van der Waals surface area contributed by atoms with Crippen LogP contribution in [0.5, 0.6) is 0 Å². The van der Waals surface area contributed by atoms with Crippen LogP contribution in [-0.2, 0) is 23.2 Å². The van der Waals surface area contributed by atoms with Gasteiger partial charge in [0, 0.05) is 0 Å². The molecule has 0 N–H and O–H groups in total. The quantitative estimate of drug-likeness (QED) is 0.262. The van der Waals surface area contributed by atoms with Crippen molar-refractivity contribution in [2.45, 2.75) is 56.6 Å². The molecular formula is C42H38Cl2Zr. The molecule has 0 amide bonds. The third-order valence-corrected chi connectivity index (χ3v) is 15.0. The first-order valence-electron chi connectivity index (χ1n) is 16.1. The molecule has 4 aromatic carbocycles. The van der Waals surface area contributed by atoms with Gasteiger partial charge in [-0.25, -0.2) is 0 Å². The third kappa shape index (κ3) is 6.47. The molecule has 0 aliphatic heterocycles. The van der Waals surface area contributed by atoms with Gasteiger partial charge in [-0.05, 0) is 0 Å². The maximum Gasteiger partial charge on any atom is -1.00 e. The molecule has 45 heavy (non-hydrogen) atoms. The van der Waals surface area contributed by atoms with E-state index in [0.29, 0.717) is 30.9 Å². The number of rotatable bonds is 6. The first kappa shape index (κ1) is 32.3. The normalized spacial score (nSPS) is 26.4. The Kier molecular flexibility index (Phi) is 10.3. The zero-order valence-corrected chi connectivity index (χ0v) is 29.4. The Morgan fingerprint density at radius 1 is 0.378 bits per heavy atom. The minimum absolute atomic E-state index is 0. The Hall–Kier alpha value is -2.70. The maximum absolute atomic E-state index is 2.63. The average molecular weight is 705 g/mol. The maximum atomic E-state index is 2.63. The standard InChI is InChI=1S/2C21H19.2ClH.Zr/c2*1-3-8-16(9-4-1)20-14-18-12-7-13-19(18)15-21(20)17-10-5-2-6-11-17;;;/h2*1-13,20-21H,14-15H2;2*1H;/q;;;;+2/p-2. The van der Waals surface area contributed by atoms with Crippen molar-refractivity contribution in [1.29, 1.82) is 0 Å². The predicted molar refractivity (Wildman–Crippen MR) is 175 cm³/mol. The van der Waals surface area contributed by atoms with Crippen LogP contribution < -0.4 is 24.8 Å². The van der Waals surface area contributed by atoms with E-state index in [0.717, 1.165) is 0 Å². The average Bonchev–Trinajstić information content (AvgIpc) is 3.68. The molecule has 4 aliphatic rings. The van der Waals surface area contributed by atoms with Crippen LogP contribution in [-0.4, -0.2) is 0 Å². The van der Waals surface area contributed by atoms with E-state index in [4.69, 9.17) is 0 Å². The van der Waals surface area contributed by atoms with Gasteiger partial charge in [0.2, 0.25) is 0 Å². The van der Waals surface area contributed by atoms with Crippen LogP contribution in [0.4, 0.5) is 0 Å². The Labute approximate surface area is 292 Å². The van der Waals surface area contributed by atoms with Crippen LogP contribution in [0.15, 0.2) is 168 Å². The second-order valence-electron chi connectivity index (χ2n) is 12.8. The summed E-state index contributed by atoms with van der Waals surface area (Å²) in [5.41, 5.74) is 12.9. The minimum atomic E-state index is -0.786. The summed E-state index contributed by atoms with van der Waals surface area (Å²) < 4.78 is 1.43. The summed E-state index contributed by atoms with van der Waals surface area (Å²) in [5, 5.41) is 0. The molecule has 4 aromatic rings. The van der Waals surface area contributed by atoms with Crippen molar-refractivity contribution >= 4 is 0 Å². The van der Waals surface area contributed by atoms with Gasteiger partial charge in [-0.1, -0.05) is 0 Å². The molecule has 0 radical (unpaired) electrons. The van der Waals surface area contributed by atoms with Crippen molar-refractivity contribution in [2.75, 3.05) is 0 Å². The summed E-state index contributed by atoms with van der Waals surface area (Å²) in [5.74, 6) is 2.22. The molecule has 6 unspecified atom stereocenters. The fourth-order valence-corrected chi connectivity index (χ4v) is 12.9. The van der Waals surface area contributed by atoms with Crippen molar-refractivity contribution in [2.24, 2.45) is 0 Å². The molecule has 224 valence electrons. The number of hydrogen-bond donors (Lipinski definition) is 0. The van der Waals surface area contributed by atoms with E-state index < -0.39 is 23.2 Å². The van der Waals surface area contributed by atoms with Gasteiger partial charge in [-0.15, -0.1) is 0 Å². The minimum Gasteiger partial charge on any atom is -1.00 e. The molecule has 6 atom stereocenters. The number of halogens is 2. The van der Waals surface area contributed by atoms with Crippen molar-refractivity contribution in [3.05, 3.63) is 190 Å². The third-order valence-electron chi connectivity index (χ3n) is 10.6. The largest absolute Gasteiger partial charge is 1.00 e. The van der Waals surface area contributed by atoms with E-state index in [2.05, 4.69) is 146 Å². The van der Waals surface area contributed by atoms with Crippen LogP contribution in [0, 0.1) is 0 Å². The zero-order chi connectivity index (χ0) is 28.6. The van der Waals surface area contributed by atoms with E-state index in [-0.39, 0.29) is 24.8 Å². The summed E-state index contributed by atoms with van der Waals surface area (Å²) in [7, 11) is 0. The zero-order valence-electron chi connectivity index (χ0n) is 25.4. The van der Waals surface area contributed by atoms with Gasteiger partial charge in [0.15, 0.2) is 0 Å². The molecule has 0 heterocycles. The van der Waals surface area contributed by atoms with Crippen molar-refractivity contribution in [1.82, 2.24) is 0 Å². The first-order chi connectivity index (χ1) is 21.3. The van der Waals surface area contributed by atoms with Crippen molar-refractivity contribution < 1.29 is 48.0 Å². The van der Waals surface area contributed by atoms with E-state index in [9.17, 15) is 0 Å². The van der Waals surface area contributed by atoms with Gasteiger partial charge in [0.25, 0.3) is 0 Å². The topological polar surface area (TPSA) is 0 Å². The monoisotopic (exact) mass is 702 g/mol. The molecule has 4 aliphatic carbocycles. The second-order valence-corrected chi connectivity index (χ2v) is 16.7. The van der Waals surface area contributed by atoms with Crippen molar-refractivity contribution in [3.8, 4) is 0 Å². The van der Waals surface area contributed by atoms with E-state index >= 15 is 0 Å². The molecule has 0 fully saturated rings. The van der Waals surface area contributed by atoms with Crippen LogP contribution >= 0.6 is 0 Å². The molecule has 0 spiro atoms. The van der Waals surface area contributed by atoms with Gasteiger partial charge < -0.3 is 24.8 Å². The molecule has 0 aromatic heterocycles. The van der Waals surface area contributed by atoms with E-state index in [1.807, 2.05) is 0 Å². The molecule has 3 heteroatoms. The molecule has 0 bridgehead atoms. The summed E-state index contributed by atoms with van der Waals surface area (Å²) in [6, 6.07) is 45.3. The van der Waals surface area contributed by atoms with Gasteiger partial charge >= 0.3 is 270 Å². The van der Waals surface area contributed by atoms with Crippen LogP contribution in [0.25, 0.3) is 0 Å². The molecule has 0 saturated heterocycles. The first-order valence-corrected chi connectivity index (χ1v) is 18.9. The SMILES string of the molecule is C1=C[CH]([Zr+2][CH]2C=CC3=C2CC(c2ccccc2)C(c2ccccc2)C3)C2=C1CC(c1ccccc1)C(c1ccccc1)C2.[Cl-].[Cl-]. The fraction of sp³-hybridized carbons (Fsp3) is 0.238. The van der Waals surface area contributed by atoms with Gasteiger partial charge in [-0.2, -0.15) is 0 Å². The Morgan fingerprint density at radius 2 is 0.667 bits per heavy atom. The molecule has 8 rings (SSSR count). The summed E-state index contributed by atoms with van der Waals surface area (Å²) in [4.78, 5) is 0. The second kappa shape index (κ2) is 14.4. The summed E-state index contributed by atoms with van der Waals surface area (Å²) >= 11 is -0.786. The Balaban J connectivity index is 0.00000179. The Morgan fingerprint density at radius 3 is 0.978 bits per heavy atom. The smallest absolute Gasteiger partial charge is 1.00 e. The fourth-order valence-electron chi connectivity index (χ4n) is 8.41. The molecular weight excluding hydrogens is 667 g/mol. The number of allylic oxidation sites excluding steroid dienone is 8.